The van der Waals surface area contributed by atoms with Crippen molar-refractivity contribution in [1.29, 1.82) is 0 Å². The minimum absolute atomic E-state index is 0. The normalized spacial score (nSPS) is 18.6. The summed E-state index contributed by atoms with van der Waals surface area (Å²) in [6, 6.07) is 10.2. The molecule has 0 saturated carbocycles. The number of Topliss-reactive ketones (excluding diaryl/α,β-unsaturated/α-hetero) is 1. The van der Waals surface area contributed by atoms with E-state index in [4.69, 9.17) is 0 Å². The highest BCUT2D eigenvalue weighted by atomic mass is 79.9. The molecule has 0 unspecified atom stereocenters. The molecule has 1 aliphatic heterocycles. The summed E-state index contributed by atoms with van der Waals surface area (Å²) in [5.74, 6) is 0.301. The van der Waals surface area contributed by atoms with Gasteiger partial charge in [-0.15, -0.1) is 17.0 Å². The lowest BCUT2D eigenvalue weighted by molar-refractivity contribution is -0.123. The first-order valence-corrected chi connectivity index (χ1v) is 5.53. The molecule has 0 bridgehead atoms. The maximum Gasteiger partial charge on any atom is 0.140 e. The molecule has 1 aromatic rings. The Hall–Kier alpha value is -0.670. The first kappa shape index (κ1) is 13.4. The highest BCUT2D eigenvalue weighted by molar-refractivity contribution is 8.93. The van der Waals surface area contributed by atoms with Crippen molar-refractivity contribution in [3.63, 3.8) is 0 Å². The Labute approximate surface area is 107 Å². The molecule has 0 amide bonds. The smallest absolute Gasteiger partial charge is 0.140 e. The van der Waals surface area contributed by atoms with Crippen LogP contribution in [0.15, 0.2) is 30.3 Å². The third-order valence-electron chi connectivity index (χ3n) is 3.46. The van der Waals surface area contributed by atoms with Gasteiger partial charge in [0.15, 0.2) is 0 Å². The highest BCUT2D eigenvalue weighted by Crippen LogP contribution is 2.34. The van der Waals surface area contributed by atoms with E-state index >= 15 is 0 Å². The molecule has 1 N–H and O–H groups in total. The number of carbonyl (C=O) groups is 1. The molecule has 0 aromatic heterocycles. The van der Waals surface area contributed by atoms with E-state index in [2.05, 4.69) is 17.4 Å². The zero-order valence-electron chi connectivity index (χ0n) is 9.53. The molecular formula is C13H18BrNO. The Bertz CT molecular complexity index is 344. The number of hydrogen-bond donors (Lipinski definition) is 1. The summed E-state index contributed by atoms with van der Waals surface area (Å²) in [5, 5.41) is 3.31. The number of carbonyl (C=O) groups excluding carboxylic acids is 1. The number of halogens is 1. The predicted molar refractivity (Wildman–Crippen MR) is 71.2 cm³/mol. The quantitative estimate of drug-likeness (QED) is 0.904. The molecule has 1 aromatic carbocycles. The van der Waals surface area contributed by atoms with E-state index in [1.807, 2.05) is 18.2 Å². The maximum absolute atomic E-state index is 11.9. The molecule has 0 radical (unpaired) electrons. The average molecular weight is 284 g/mol. The van der Waals surface area contributed by atoms with Gasteiger partial charge in [-0.05, 0) is 38.4 Å². The molecule has 88 valence electrons. The number of nitrogens with one attached hydrogen (secondary N) is 1. The molecule has 2 rings (SSSR count). The summed E-state index contributed by atoms with van der Waals surface area (Å²) in [6.45, 7) is 3.60. The second-order valence-electron chi connectivity index (χ2n) is 4.25. The largest absolute Gasteiger partial charge is 0.317 e. The minimum atomic E-state index is -0.230. The maximum atomic E-state index is 11.9. The van der Waals surface area contributed by atoms with Gasteiger partial charge in [-0.3, -0.25) is 4.79 Å². The number of piperidine rings is 1. The van der Waals surface area contributed by atoms with E-state index in [1.165, 1.54) is 5.56 Å². The number of benzene rings is 1. The van der Waals surface area contributed by atoms with Crippen LogP contribution in [-0.2, 0) is 10.2 Å². The molecule has 0 aliphatic carbocycles. The van der Waals surface area contributed by atoms with Crippen LogP contribution in [-0.4, -0.2) is 18.9 Å². The summed E-state index contributed by atoms with van der Waals surface area (Å²) in [4.78, 5) is 11.9. The molecule has 1 heterocycles. The zero-order valence-corrected chi connectivity index (χ0v) is 11.2. The monoisotopic (exact) mass is 283 g/mol. The van der Waals surface area contributed by atoms with Gasteiger partial charge in [0.2, 0.25) is 0 Å². The summed E-state index contributed by atoms with van der Waals surface area (Å²) in [7, 11) is 0. The Morgan fingerprint density at radius 3 is 2.25 bits per heavy atom. The van der Waals surface area contributed by atoms with E-state index in [1.54, 1.807) is 6.92 Å². The zero-order chi connectivity index (χ0) is 10.7. The summed E-state index contributed by atoms with van der Waals surface area (Å²) in [5.41, 5.74) is 0.950. The van der Waals surface area contributed by atoms with E-state index in [-0.39, 0.29) is 22.4 Å². The van der Waals surface area contributed by atoms with Gasteiger partial charge in [0.1, 0.15) is 5.78 Å². The first-order valence-electron chi connectivity index (χ1n) is 5.53. The molecule has 2 nitrogen and oxygen atoms in total. The number of hydrogen-bond acceptors (Lipinski definition) is 2. The lowest BCUT2D eigenvalue weighted by Crippen LogP contribution is -2.44. The van der Waals surface area contributed by atoms with Crippen molar-refractivity contribution in [1.82, 2.24) is 5.32 Å². The average Bonchev–Trinajstić information content (AvgIpc) is 2.31. The second-order valence-corrected chi connectivity index (χ2v) is 4.25. The van der Waals surface area contributed by atoms with Crippen LogP contribution in [0.4, 0.5) is 0 Å². The SMILES string of the molecule is Br.CC(=O)C1(c2ccccc2)CCNCC1. The van der Waals surface area contributed by atoms with Gasteiger partial charge in [-0.1, -0.05) is 30.3 Å². The van der Waals surface area contributed by atoms with Crippen LogP contribution in [0.2, 0.25) is 0 Å². The summed E-state index contributed by atoms with van der Waals surface area (Å²) in [6.07, 6.45) is 1.85. The van der Waals surface area contributed by atoms with Crippen LogP contribution in [0.25, 0.3) is 0 Å². The van der Waals surface area contributed by atoms with Crippen molar-refractivity contribution in [2.24, 2.45) is 0 Å². The van der Waals surface area contributed by atoms with Gasteiger partial charge in [-0.2, -0.15) is 0 Å². The summed E-state index contributed by atoms with van der Waals surface area (Å²) < 4.78 is 0. The minimum Gasteiger partial charge on any atom is -0.317 e. The second kappa shape index (κ2) is 5.60. The van der Waals surface area contributed by atoms with Crippen LogP contribution >= 0.6 is 17.0 Å². The molecule has 16 heavy (non-hydrogen) atoms. The third-order valence-corrected chi connectivity index (χ3v) is 3.46. The van der Waals surface area contributed by atoms with Gasteiger partial charge in [0, 0.05) is 0 Å². The van der Waals surface area contributed by atoms with Crippen LogP contribution in [0.1, 0.15) is 25.3 Å². The lowest BCUT2D eigenvalue weighted by Gasteiger charge is -2.35. The Kier molecular flexibility index (Phi) is 4.69. The van der Waals surface area contributed by atoms with Crippen LogP contribution < -0.4 is 5.32 Å². The van der Waals surface area contributed by atoms with Gasteiger partial charge in [0.25, 0.3) is 0 Å². The topological polar surface area (TPSA) is 29.1 Å². The molecule has 3 heteroatoms. The van der Waals surface area contributed by atoms with Crippen molar-refractivity contribution in [3.05, 3.63) is 35.9 Å². The molecule has 1 saturated heterocycles. The first-order chi connectivity index (χ1) is 7.26. The van der Waals surface area contributed by atoms with Crippen molar-refractivity contribution in [2.45, 2.75) is 25.2 Å². The lowest BCUT2D eigenvalue weighted by atomic mass is 9.70. The Morgan fingerprint density at radius 1 is 1.19 bits per heavy atom. The number of ketones is 1. The third kappa shape index (κ3) is 2.36. The van der Waals surface area contributed by atoms with Crippen molar-refractivity contribution in [2.75, 3.05) is 13.1 Å². The predicted octanol–water partition coefficient (Wildman–Crippen LogP) is 2.47. The van der Waals surface area contributed by atoms with Gasteiger partial charge < -0.3 is 5.32 Å². The highest BCUT2D eigenvalue weighted by Gasteiger charge is 2.37. The fraction of sp³-hybridized carbons (Fsp3) is 0.462. The van der Waals surface area contributed by atoms with E-state index in [0.29, 0.717) is 5.78 Å². The fourth-order valence-electron chi connectivity index (χ4n) is 2.45. The van der Waals surface area contributed by atoms with Crippen molar-refractivity contribution < 1.29 is 4.79 Å². The van der Waals surface area contributed by atoms with Crippen molar-refractivity contribution in [3.8, 4) is 0 Å². The van der Waals surface area contributed by atoms with Crippen LogP contribution in [0, 0.1) is 0 Å². The van der Waals surface area contributed by atoms with Crippen molar-refractivity contribution >= 4 is 22.8 Å². The molecule has 0 spiro atoms. The Morgan fingerprint density at radius 2 is 1.75 bits per heavy atom. The van der Waals surface area contributed by atoms with Gasteiger partial charge in [0.05, 0.1) is 5.41 Å². The van der Waals surface area contributed by atoms with Gasteiger partial charge in [-0.25, -0.2) is 0 Å². The molecule has 0 atom stereocenters. The standard InChI is InChI=1S/C13H17NO.BrH/c1-11(15)13(7-9-14-10-8-13)12-5-3-2-4-6-12;/h2-6,14H,7-10H2,1H3;1H. The van der Waals surface area contributed by atoms with E-state index < -0.39 is 0 Å². The van der Waals surface area contributed by atoms with Crippen LogP contribution in [0.3, 0.4) is 0 Å². The number of rotatable bonds is 2. The fourth-order valence-corrected chi connectivity index (χ4v) is 2.45. The molecule has 1 fully saturated rings. The van der Waals surface area contributed by atoms with Gasteiger partial charge >= 0.3 is 0 Å². The molecular weight excluding hydrogens is 266 g/mol. The Balaban J connectivity index is 0.00000128. The molecule has 1 aliphatic rings. The van der Waals surface area contributed by atoms with E-state index in [9.17, 15) is 4.79 Å². The van der Waals surface area contributed by atoms with Crippen LogP contribution in [0.5, 0.6) is 0 Å². The summed E-state index contributed by atoms with van der Waals surface area (Å²) >= 11 is 0. The van der Waals surface area contributed by atoms with E-state index in [0.717, 1.165) is 25.9 Å².